The summed E-state index contributed by atoms with van der Waals surface area (Å²) in [6.45, 7) is 13.2. The summed E-state index contributed by atoms with van der Waals surface area (Å²) >= 11 is 0. The van der Waals surface area contributed by atoms with Crippen LogP contribution < -0.4 is 0 Å². The minimum atomic E-state index is -2.08. The molecule has 3 rings (SSSR count). The first-order valence-electron chi connectivity index (χ1n) is 14.9. The van der Waals surface area contributed by atoms with Crippen LogP contribution >= 0.6 is 0 Å². The molecule has 0 aliphatic heterocycles. The lowest BCUT2D eigenvalue weighted by molar-refractivity contribution is -0.191. The van der Waals surface area contributed by atoms with Crippen molar-refractivity contribution in [2.75, 3.05) is 0 Å². The molecule has 0 aromatic carbocycles. The molecule has 1 spiro atoms. The van der Waals surface area contributed by atoms with Gasteiger partial charge in [-0.25, -0.2) is 0 Å². The van der Waals surface area contributed by atoms with E-state index >= 15 is 0 Å². The Hall–Kier alpha value is -1.50. The fourth-order valence-electron chi connectivity index (χ4n) is 7.51. The van der Waals surface area contributed by atoms with Crippen LogP contribution in [0.25, 0.3) is 0 Å². The zero-order chi connectivity index (χ0) is 28.5. The number of fused-ring (bicyclic) bond motifs is 1. The highest BCUT2D eigenvalue weighted by atomic mass is 16.6. The fourth-order valence-corrected chi connectivity index (χ4v) is 7.51. The molecule has 38 heavy (non-hydrogen) atoms. The van der Waals surface area contributed by atoms with E-state index in [1.807, 2.05) is 27.7 Å². The van der Waals surface area contributed by atoms with Crippen LogP contribution in [0.15, 0.2) is 23.3 Å². The number of Topliss-reactive ketones (excluding diaryl/α,β-unsaturated/α-hetero) is 1. The number of rotatable bonds is 11. The van der Waals surface area contributed by atoms with Crippen molar-refractivity contribution >= 4 is 11.8 Å². The monoisotopic (exact) mass is 532 g/mol. The zero-order valence-corrected chi connectivity index (χ0v) is 24.8. The maximum Gasteiger partial charge on any atom is 0.306 e. The standard InChI is InChI=1S/C32H52O6/c1-8-9-10-11-12-13-14-15-16-17-25(33)38-30(7)20-23(4)31-19-22(3)27(35)32(31,37)26(34)21(2)18-24(28(31)36)29(30,5)6/h18-19,23-24,26-27,34-35,37H,8-17,20H2,1-7H3/t23?,24?,26?,27?,30-,31?,32+/m1/s1. The molecule has 0 radical (unpaired) electrons. The van der Waals surface area contributed by atoms with E-state index in [2.05, 4.69) is 6.92 Å². The normalized spacial score (nSPS) is 38.1. The Balaban J connectivity index is 1.79. The molecule has 5 unspecified atom stereocenters. The Morgan fingerprint density at radius 3 is 2.05 bits per heavy atom. The number of allylic oxidation sites excluding steroid dienone is 1. The van der Waals surface area contributed by atoms with E-state index in [-0.39, 0.29) is 11.8 Å². The van der Waals surface area contributed by atoms with E-state index in [1.165, 1.54) is 38.5 Å². The Bertz CT molecular complexity index is 950. The third-order valence-electron chi connectivity index (χ3n) is 10.4. The molecule has 3 aliphatic carbocycles. The smallest absolute Gasteiger partial charge is 0.306 e. The van der Waals surface area contributed by atoms with Crippen LogP contribution in [0, 0.1) is 22.7 Å². The fraction of sp³-hybridized carbons (Fsp3) is 0.812. The third-order valence-corrected chi connectivity index (χ3v) is 10.4. The summed E-state index contributed by atoms with van der Waals surface area (Å²) in [5.41, 5.74) is -4.44. The molecule has 6 nitrogen and oxygen atoms in total. The van der Waals surface area contributed by atoms with Gasteiger partial charge in [-0.15, -0.1) is 0 Å². The summed E-state index contributed by atoms with van der Waals surface area (Å²) in [5.74, 6) is -1.70. The first-order chi connectivity index (χ1) is 17.7. The third kappa shape index (κ3) is 4.94. The van der Waals surface area contributed by atoms with E-state index in [9.17, 15) is 24.9 Å². The average molecular weight is 533 g/mol. The SMILES string of the molecule is CCCCCCCCCCCC(=O)O[C@]1(C)CC(C)C23C=C(C)C(O)[C@@]2(O)C(O)C(C)=CC(C3=O)C1(C)C. The quantitative estimate of drug-likeness (QED) is 0.176. The van der Waals surface area contributed by atoms with Crippen molar-refractivity contribution in [1.82, 2.24) is 0 Å². The van der Waals surface area contributed by atoms with Gasteiger partial charge in [0.15, 0.2) is 5.78 Å². The molecule has 3 N–H and O–H groups in total. The Kier molecular flexibility index (Phi) is 9.43. The lowest BCUT2D eigenvalue weighted by atomic mass is 9.59. The predicted octanol–water partition coefficient (Wildman–Crippen LogP) is 5.82. The highest BCUT2D eigenvalue weighted by Crippen LogP contribution is 2.63. The number of aliphatic hydroxyl groups excluding tert-OH is 2. The lowest BCUT2D eigenvalue weighted by Gasteiger charge is -2.48. The number of carbonyl (C=O) groups excluding carboxylic acids is 2. The summed E-state index contributed by atoms with van der Waals surface area (Å²) in [5, 5.41) is 34.3. The molecule has 6 heteroatoms. The Morgan fingerprint density at radius 1 is 0.947 bits per heavy atom. The molecule has 7 atom stereocenters. The number of unbranched alkanes of at least 4 members (excludes halogenated alkanes) is 8. The van der Waals surface area contributed by atoms with Crippen molar-refractivity contribution in [3.8, 4) is 0 Å². The molecular formula is C32H52O6. The second-order valence-electron chi connectivity index (χ2n) is 13.3. The number of esters is 1. The summed E-state index contributed by atoms with van der Waals surface area (Å²) in [4.78, 5) is 27.5. The van der Waals surface area contributed by atoms with Gasteiger partial charge in [-0.3, -0.25) is 9.59 Å². The van der Waals surface area contributed by atoms with Crippen LogP contribution in [-0.4, -0.2) is 50.5 Å². The van der Waals surface area contributed by atoms with Crippen LogP contribution in [0.3, 0.4) is 0 Å². The highest BCUT2D eigenvalue weighted by Gasteiger charge is 2.73. The van der Waals surface area contributed by atoms with Crippen molar-refractivity contribution in [2.24, 2.45) is 22.7 Å². The molecular weight excluding hydrogens is 480 g/mol. The van der Waals surface area contributed by atoms with Crippen molar-refractivity contribution in [1.29, 1.82) is 0 Å². The van der Waals surface area contributed by atoms with Gasteiger partial charge in [0.05, 0.1) is 5.41 Å². The zero-order valence-electron chi connectivity index (χ0n) is 24.8. The lowest BCUT2D eigenvalue weighted by Crippen LogP contribution is -2.64. The average Bonchev–Trinajstić information content (AvgIpc) is 3.01. The van der Waals surface area contributed by atoms with Gasteiger partial charge in [-0.05, 0) is 50.7 Å². The molecule has 0 amide bonds. The van der Waals surface area contributed by atoms with Crippen LogP contribution in [0.2, 0.25) is 0 Å². The van der Waals surface area contributed by atoms with Gasteiger partial charge in [0, 0.05) is 17.8 Å². The maximum atomic E-state index is 14.4. The molecule has 0 heterocycles. The molecule has 216 valence electrons. The first kappa shape index (κ1) is 31.0. The number of ketones is 1. The van der Waals surface area contributed by atoms with Crippen molar-refractivity contribution in [3.05, 3.63) is 23.3 Å². The number of ether oxygens (including phenoxy) is 1. The summed E-state index contributed by atoms with van der Waals surface area (Å²) in [6, 6.07) is 0. The minimum Gasteiger partial charge on any atom is -0.459 e. The van der Waals surface area contributed by atoms with Gasteiger partial charge in [-0.2, -0.15) is 0 Å². The molecule has 1 saturated carbocycles. The first-order valence-corrected chi connectivity index (χ1v) is 14.9. The van der Waals surface area contributed by atoms with Crippen LogP contribution in [0.5, 0.6) is 0 Å². The number of hydrogen-bond acceptors (Lipinski definition) is 6. The topological polar surface area (TPSA) is 104 Å². The summed E-state index contributed by atoms with van der Waals surface area (Å²) in [6.07, 6.45) is 11.8. The molecule has 2 bridgehead atoms. The number of hydrogen-bond donors (Lipinski definition) is 3. The van der Waals surface area contributed by atoms with Crippen molar-refractivity contribution < 1.29 is 29.6 Å². The van der Waals surface area contributed by atoms with Crippen molar-refractivity contribution in [2.45, 2.75) is 143 Å². The van der Waals surface area contributed by atoms with Gasteiger partial charge < -0.3 is 20.1 Å². The van der Waals surface area contributed by atoms with Crippen LogP contribution in [-0.2, 0) is 14.3 Å². The summed E-state index contributed by atoms with van der Waals surface area (Å²) in [7, 11) is 0. The maximum absolute atomic E-state index is 14.4. The minimum absolute atomic E-state index is 0.233. The van der Waals surface area contributed by atoms with E-state index < -0.39 is 46.1 Å². The van der Waals surface area contributed by atoms with Gasteiger partial charge >= 0.3 is 5.97 Å². The molecule has 0 aromatic rings. The second-order valence-corrected chi connectivity index (χ2v) is 13.3. The van der Waals surface area contributed by atoms with Gasteiger partial charge in [-0.1, -0.05) is 91.2 Å². The van der Waals surface area contributed by atoms with E-state index in [1.54, 1.807) is 26.0 Å². The summed E-state index contributed by atoms with van der Waals surface area (Å²) < 4.78 is 6.26. The highest BCUT2D eigenvalue weighted by molar-refractivity contribution is 5.95. The van der Waals surface area contributed by atoms with E-state index in [4.69, 9.17) is 4.74 Å². The van der Waals surface area contributed by atoms with Gasteiger partial charge in [0.1, 0.15) is 23.4 Å². The van der Waals surface area contributed by atoms with Crippen LogP contribution in [0.4, 0.5) is 0 Å². The Morgan fingerprint density at radius 2 is 1.47 bits per heavy atom. The van der Waals surface area contributed by atoms with Gasteiger partial charge in [0.2, 0.25) is 0 Å². The van der Waals surface area contributed by atoms with Crippen LogP contribution in [0.1, 0.15) is 119 Å². The number of carbonyl (C=O) groups is 2. The second kappa shape index (κ2) is 11.5. The van der Waals surface area contributed by atoms with E-state index in [0.29, 0.717) is 24.0 Å². The number of aliphatic hydroxyl groups is 3. The largest absolute Gasteiger partial charge is 0.459 e. The molecule has 1 fully saturated rings. The Labute approximate surface area is 229 Å². The molecule has 3 aliphatic rings. The molecule has 0 saturated heterocycles. The van der Waals surface area contributed by atoms with Crippen molar-refractivity contribution in [3.63, 3.8) is 0 Å². The molecule has 0 aromatic heterocycles. The van der Waals surface area contributed by atoms with Gasteiger partial charge in [0.25, 0.3) is 0 Å². The van der Waals surface area contributed by atoms with E-state index in [0.717, 1.165) is 19.3 Å². The predicted molar refractivity (Wildman–Crippen MR) is 149 cm³/mol.